The van der Waals surface area contributed by atoms with Crippen LogP contribution in [-0.4, -0.2) is 11.2 Å². The summed E-state index contributed by atoms with van der Waals surface area (Å²) in [5.41, 5.74) is 8.34. The van der Waals surface area contributed by atoms with Gasteiger partial charge >= 0.3 is 0 Å². The van der Waals surface area contributed by atoms with E-state index < -0.39 is 0 Å². The molecule has 1 rings (SSSR count). The van der Waals surface area contributed by atoms with Gasteiger partial charge in [0.1, 0.15) is 0 Å². The van der Waals surface area contributed by atoms with Crippen LogP contribution in [0.15, 0.2) is 23.4 Å². The second kappa shape index (κ2) is 3.80. The Morgan fingerprint density at radius 3 is 2.38 bits per heavy atom. The number of nitrogens with one attached hydrogen (secondary N) is 1. The first kappa shape index (κ1) is 9.38. The van der Waals surface area contributed by atoms with Crippen LogP contribution in [0.5, 0.6) is 0 Å². The summed E-state index contributed by atoms with van der Waals surface area (Å²) in [5.74, 6) is -0.00241. The molecule has 0 atom stereocenters. The molecule has 0 amide bonds. The standard InChI is InChI=1S/C9H13N3O/c1-6-4-3-5-7(2)8(6)11-9(10)12-13/h3-5,13H,1-2H3,(H3,10,11,12). The van der Waals surface area contributed by atoms with Crippen molar-refractivity contribution in [2.45, 2.75) is 13.8 Å². The van der Waals surface area contributed by atoms with Crippen molar-refractivity contribution < 1.29 is 5.21 Å². The van der Waals surface area contributed by atoms with Gasteiger partial charge in [0.05, 0.1) is 0 Å². The highest BCUT2D eigenvalue weighted by Gasteiger charge is 2.02. The van der Waals surface area contributed by atoms with E-state index in [0.717, 1.165) is 16.8 Å². The maximum atomic E-state index is 8.38. The molecule has 70 valence electrons. The Labute approximate surface area is 77.1 Å². The first-order valence-corrected chi connectivity index (χ1v) is 3.96. The SMILES string of the molecule is Cc1cccc(C)c1N/C(N)=N/O. The molecule has 0 aliphatic carbocycles. The molecule has 1 aromatic carbocycles. The van der Waals surface area contributed by atoms with Crippen molar-refractivity contribution in [3.8, 4) is 0 Å². The highest BCUT2D eigenvalue weighted by Crippen LogP contribution is 2.18. The normalized spacial score (nSPS) is 11.4. The predicted octanol–water partition coefficient (Wildman–Crippen LogP) is 1.42. The minimum atomic E-state index is -0.00241. The molecule has 13 heavy (non-hydrogen) atoms. The molecule has 4 N–H and O–H groups in total. The monoisotopic (exact) mass is 179 g/mol. The maximum Gasteiger partial charge on any atom is 0.235 e. The van der Waals surface area contributed by atoms with Crippen molar-refractivity contribution in [2.24, 2.45) is 10.9 Å². The van der Waals surface area contributed by atoms with Crippen LogP contribution in [0, 0.1) is 13.8 Å². The van der Waals surface area contributed by atoms with Gasteiger partial charge in [0, 0.05) is 5.69 Å². The summed E-state index contributed by atoms with van der Waals surface area (Å²) in [5, 5.41) is 14.0. The molecule has 0 fully saturated rings. The zero-order valence-electron chi connectivity index (χ0n) is 7.70. The van der Waals surface area contributed by atoms with Crippen molar-refractivity contribution in [1.29, 1.82) is 0 Å². The fourth-order valence-corrected chi connectivity index (χ4v) is 1.16. The van der Waals surface area contributed by atoms with Crippen LogP contribution in [-0.2, 0) is 0 Å². The highest BCUT2D eigenvalue weighted by molar-refractivity contribution is 5.93. The zero-order valence-corrected chi connectivity index (χ0v) is 7.70. The lowest BCUT2D eigenvalue weighted by molar-refractivity contribution is 0.318. The molecule has 0 saturated heterocycles. The van der Waals surface area contributed by atoms with E-state index in [0.29, 0.717) is 0 Å². The van der Waals surface area contributed by atoms with Gasteiger partial charge in [-0.05, 0) is 25.0 Å². The van der Waals surface area contributed by atoms with E-state index in [9.17, 15) is 0 Å². The van der Waals surface area contributed by atoms with Gasteiger partial charge in [-0.2, -0.15) is 0 Å². The number of oxime groups is 1. The quantitative estimate of drug-likeness (QED) is 0.264. The van der Waals surface area contributed by atoms with Crippen LogP contribution in [0.3, 0.4) is 0 Å². The van der Waals surface area contributed by atoms with Gasteiger partial charge < -0.3 is 16.3 Å². The van der Waals surface area contributed by atoms with Crippen LogP contribution in [0.4, 0.5) is 5.69 Å². The fraction of sp³-hybridized carbons (Fsp3) is 0.222. The summed E-state index contributed by atoms with van der Waals surface area (Å²) in [6.07, 6.45) is 0. The molecule has 0 spiro atoms. The van der Waals surface area contributed by atoms with Gasteiger partial charge in [0.25, 0.3) is 0 Å². The number of nitrogens with two attached hydrogens (primary N) is 1. The number of hydrogen-bond acceptors (Lipinski definition) is 2. The number of benzene rings is 1. The molecule has 0 saturated carbocycles. The molecule has 4 nitrogen and oxygen atoms in total. The first-order chi connectivity index (χ1) is 6.15. The fourth-order valence-electron chi connectivity index (χ4n) is 1.16. The van der Waals surface area contributed by atoms with E-state index in [1.54, 1.807) is 0 Å². The number of rotatable bonds is 1. The molecule has 0 aliphatic heterocycles. The van der Waals surface area contributed by atoms with Gasteiger partial charge in [-0.3, -0.25) is 0 Å². The predicted molar refractivity (Wildman–Crippen MR) is 52.9 cm³/mol. The van der Waals surface area contributed by atoms with Crippen LogP contribution in [0.1, 0.15) is 11.1 Å². The molecule has 0 aromatic heterocycles. The van der Waals surface area contributed by atoms with E-state index in [2.05, 4.69) is 10.5 Å². The van der Waals surface area contributed by atoms with Crippen LogP contribution in [0.2, 0.25) is 0 Å². The lowest BCUT2D eigenvalue weighted by Crippen LogP contribution is -2.23. The van der Waals surface area contributed by atoms with Gasteiger partial charge in [0.15, 0.2) is 0 Å². The highest BCUT2D eigenvalue weighted by atomic mass is 16.4. The van der Waals surface area contributed by atoms with E-state index in [1.807, 2.05) is 32.0 Å². The summed E-state index contributed by atoms with van der Waals surface area (Å²) in [6, 6.07) is 5.88. The van der Waals surface area contributed by atoms with Crippen LogP contribution >= 0.6 is 0 Å². The molecular formula is C9H13N3O. The second-order valence-corrected chi connectivity index (χ2v) is 2.88. The Balaban J connectivity index is 3.00. The molecule has 0 bridgehead atoms. The summed E-state index contributed by atoms with van der Waals surface area (Å²) in [6.45, 7) is 3.92. The van der Waals surface area contributed by atoms with E-state index >= 15 is 0 Å². The summed E-state index contributed by atoms with van der Waals surface area (Å²) < 4.78 is 0. The van der Waals surface area contributed by atoms with Crippen molar-refractivity contribution >= 4 is 11.6 Å². The van der Waals surface area contributed by atoms with Gasteiger partial charge in [-0.1, -0.05) is 23.4 Å². The molecule has 0 heterocycles. The minimum absolute atomic E-state index is 0.00241. The first-order valence-electron chi connectivity index (χ1n) is 3.96. The van der Waals surface area contributed by atoms with E-state index in [-0.39, 0.29) is 5.96 Å². The smallest absolute Gasteiger partial charge is 0.235 e. The lowest BCUT2D eigenvalue weighted by Gasteiger charge is -2.10. The number of aryl methyl sites for hydroxylation is 2. The molecule has 0 radical (unpaired) electrons. The number of nitrogens with zero attached hydrogens (tertiary/aromatic N) is 1. The summed E-state index contributed by atoms with van der Waals surface area (Å²) in [4.78, 5) is 0. The van der Waals surface area contributed by atoms with Crippen molar-refractivity contribution in [1.82, 2.24) is 0 Å². The van der Waals surface area contributed by atoms with Gasteiger partial charge in [-0.15, -0.1) is 0 Å². The third-order valence-electron chi connectivity index (χ3n) is 1.84. The topological polar surface area (TPSA) is 70.6 Å². The Bertz CT molecular complexity index is 313. The third kappa shape index (κ3) is 2.11. The molecule has 1 aromatic rings. The maximum absolute atomic E-state index is 8.38. The molecule has 0 aliphatic rings. The van der Waals surface area contributed by atoms with Crippen molar-refractivity contribution in [3.05, 3.63) is 29.3 Å². The van der Waals surface area contributed by atoms with Crippen LogP contribution in [0.25, 0.3) is 0 Å². The average Bonchev–Trinajstić information content (AvgIpc) is 2.11. The number of para-hydroxylation sites is 1. The zero-order chi connectivity index (χ0) is 9.84. The van der Waals surface area contributed by atoms with Crippen molar-refractivity contribution in [3.63, 3.8) is 0 Å². The Kier molecular flexibility index (Phi) is 2.74. The van der Waals surface area contributed by atoms with E-state index in [1.165, 1.54) is 0 Å². The molecular weight excluding hydrogens is 166 g/mol. The second-order valence-electron chi connectivity index (χ2n) is 2.88. The lowest BCUT2D eigenvalue weighted by atomic mass is 10.1. The number of hydrogen-bond donors (Lipinski definition) is 3. The van der Waals surface area contributed by atoms with Gasteiger partial charge in [0.2, 0.25) is 5.96 Å². The Morgan fingerprint density at radius 2 is 1.92 bits per heavy atom. The van der Waals surface area contributed by atoms with Gasteiger partial charge in [-0.25, -0.2) is 0 Å². The summed E-state index contributed by atoms with van der Waals surface area (Å²) >= 11 is 0. The molecule has 0 unspecified atom stereocenters. The average molecular weight is 179 g/mol. The Morgan fingerprint density at radius 1 is 1.38 bits per heavy atom. The van der Waals surface area contributed by atoms with E-state index in [4.69, 9.17) is 10.9 Å². The molecule has 4 heteroatoms. The number of guanidine groups is 1. The Hall–Kier alpha value is -1.71. The third-order valence-corrected chi connectivity index (χ3v) is 1.84. The van der Waals surface area contributed by atoms with Crippen LogP contribution < -0.4 is 11.1 Å². The minimum Gasteiger partial charge on any atom is -0.408 e. The number of anilines is 1. The largest absolute Gasteiger partial charge is 0.408 e. The van der Waals surface area contributed by atoms with Crippen molar-refractivity contribution in [2.75, 3.05) is 5.32 Å². The summed E-state index contributed by atoms with van der Waals surface area (Å²) in [7, 11) is 0.